The summed E-state index contributed by atoms with van der Waals surface area (Å²) in [5.74, 6) is 0. The van der Waals surface area contributed by atoms with E-state index in [1.807, 2.05) is 0 Å². The summed E-state index contributed by atoms with van der Waals surface area (Å²) >= 11 is 0. The van der Waals surface area contributed by atoms with E-state index in [2.05, 4.69) is 11.6 Å². The highest BCUT2D eigenvalue weighted by Crippen LogP contribution is 2.03. The molecule has 102 valence electrons. The summed E-state index contributed by atoms with van der Waals surface area (Å²) in [6, 6.07) is 0. The molecule has 2 rings (SSSR count). The molecule has 19 heavy (non-hydrogen) atoms. The Hall–Kier alpha value is -2.31. The van der Waals surface area contributed by atoms with Crippen molar-refractivity contribution in [3.8, 4) is 0 Å². The van der Waals surface area contributed by atoms with Gasteiger partial charge in [-0.3, -0.25) is 23.5 Å². The number of nitrogens with zero attached hydrogens (tertiary/aromatic N) is 3. The number of aromatic nitrogens is 4. The topological polar surface area (TPSA) is 81.8 Å². The molecule has 2 aromatic heterocycles. The van der Waals surface area contributed by atoms with Gasteiger partial charge >= 0.3 is 11.4 Å². The van der Waals surface area contributed by atoms with Crippen LogP contribution < -0.4 is 16.9 Å². The van der Waals surface area contributed by atoms with Crippen LogP contribution in [0.15, 0.2) is 27.0 Å². The van der Waals surface area contributed by atoms with E-state index in [0.29, 0.717) is 6.54 Å². The Morgan fingerprint density at radius 3 is 2.26 bits per heavy atom. The van der Waals surface area contributed by atoms with Gasteiger partial charge < -0.3 is 0 Å². The third-order valence-corrected chi connectivity index (χ3v) is 3.09. The second kappa shape index (κ2) is 4.75. The van der Waals surface area contributed by atoms with Crippen molar-refractivity contribution in [3.05, 3.63) is 44.0 Å². The van der Waals surface area contributed by atoms with Crippen molar-refractivity contribution < 1.29 is 0 Å². The van der Waals surface area contributed by atoms with Crippen molar-refractivity contribution in [3.63, 3.8) is 0 Å². The maximum atomic E-state index is 12.3. The quantitative estimate of drug-likeness (QED) is 0.781. The Bertz CT molecular complexity index is 803. The number of hydrogen-bond acceptors (Lipinski definition) is 3. The van der Waals surface area contributed by atoms with Crippen molar-refractivity contribution in [1.82, 2.24) is 18.7 Å². The Labute approximate surface area is 108 Å². The molecule has 7 nitrogen and oxygen atoms in total. The molecule has 2 aromatic rings. The van der Waals surface area contributed by atoms with Gasteiger partial charge in [-0.15, -0.1) is 6.58 Å². The third kappa shape index (κ3) is 1.78. The van der Waals surface area contributed by atoms with E-state index < -0.39 is 16.9 Å². The summed E-state index contributed by atoms with van der Waals surface area (Å²) in [5.41, 5.74) is -0.786. The second-order valence-corrected chi connectivity index (χ2v) is 4.10. The number of fused-ring (bicyclic) bond motifs is 1. The van der Waals surface area contributed by atoms with E-state index in [1.165, 1.54) is 15.2 Å². The summed E-state index contributed by atoms with van der Waals surface area (Å²) in [6.45, 7) is 7.94. The first kappa shape index (κ1) is 13.1. The number of aryl methyl sites for hydroxylation is 1. The lowest BCUT2D eigenvalue weighted by Gasteiger charge is -2.08. The highest BCUT2D eigenvalue weighted by molar-refractivity contribution is 5.70. The maximum absolute atomic E-state index is 12.3. The van der Waals surface area contributed by atoms with Crippen LogP contribution in [-0.2, 0) is 19.6 Å². The number of aromatic amines is 1. The number of imidazole rings is 1. The predicted octanol–water partition coefficient (Wildman–Crippen LogP) is -0.121. The lowest BCUT2D eigenvalue weighted by atomic mass is 10.4. The van der Waals surface area contributed by atoms with Gasteiger partial charge in [-0.2, -0.15) is 0 Å². The summed E-state index contributed by atoms with van der Waals surface area (Å²) in [5, 5.41) is 0. The molecule has 7 heteroatoms. The van der Waals surface area contributed by atoms with Crippen LogP contribution in [0.5, 0.6) is 0 Å². The predicted molar refractivity (Wildman–Crippen MR) is 72.6 cm³/mol. The van der Waals surface area contributed by atoms with E-state index in [4.69, 9.17) is 0 Å². The molecule has 0 fully saturated rings. The lowest BCUT2D eigenvalue weighted by Crippen LogP contribution is -2.40. The van der Waals surface area contributed by atoms with Gasteiger partial charge in [0.2, 0.25) is 0 Å². The fourth-order valence-corrected chi connectivity index (χ4v) is 2.20. The summed E-state index contributed by atoms with van der Waals surface area (Å²) in [7, 11) is 0. The molecule has 2 heterocycles. The first-order valence-electron chi connectivity index (χ1n) is 6.13. The molecule has 0 saturated heterocycles. The number of rotatable bonds is 4. The molecule has 0 atom stereocenters. The van der Waals surface area contributed by atoms with E-state index in [-0.39, 0.29) is 24.3 Å². The number of hydrogen-bond donors (Lipinski definition) is 1. The van der Waals surface area contributed by atoms with E-state index in [9.17, 15) is 14.4 Å². The van der Waals surface area contributed by atoms with E-state index >= 15 is 0 Å². The van der Waals surface area contributed by atoms with Crippen molar-refractivity contribution in [1.29, 1.82) is 0 Å². The van der Waals surface area contributed by atoms with Crippen molar-refractivity contribution >= 4 is 11.2 Å². The van der Waals surface area contributed by atoms with Crippen molar-refractivity contribution in [2.75, 3.05) is 0 Å². The minimum Gasteiger partial charge on any atom is -0.291 e. The molecule has 0 aliphatic carbocycles. The van der Waals surface area contributed by atoms with Gasteiger partial charge in [0.15, 0.2) is 5.52 Å². The molecular weight excluding hydrogens is 248 g/mol. The summed E-state index contributed by atoms with van der Waals surface area (Å²) in [6.07, 6.45) is 1.53. The molecule has 0 saturated carbocycles. The SMILES string of the molecule is C=CCn1c(=O)[nH]c2c1c(=O)n(CC)c(=O)n2CC. The molecule has 0 spiro atoms. The highest BCUT2D eigenvalue weighted by atomic mass is 16.2. The minimum absolute atomic E-state index is 0.216. The third-order valence-electron chi connectivity index (χ3n) is 3.09. The van der Waals surface area contributed by atoms with Crippen molar-refractivity contribution in [2.45, 2.75) is 33.5 Å². The largest absolute Gasteiger partial charge is 0.332 e. The molecule has 1 N–H and O–H groups in total. The Morgan fingerprint density at radius 2 is 1.74 bits per heavy atom. The van der Waals surface area contributed by atoms with E-state index in [0.717, 1.165) is 4.57 Å². The van der Waals surface area contributed by atoms with Gasteiger partial charge in [0.05, 0.1) is 0 Å². The van der Waals surface area contributed by atoms with Gasteiger partial charge in [-0.1, -0.05) is 6.08 Å². The average Bonchev–Trinajstić information content (AvgIpc) is 2.69. The fourth-order valence-electron chi connectivity index (χ4n) is 2.20. The molecule has 0 unspecified atom stereocenters. The van der Waals surface area contributed by atoms with Gasteiger partial charge in [0, 0.05) is 19.6 Å². The zero-order valence-corrected chi connectivity index (χ0v) is 11.0. The van der Waals surface area contributed by atoms with Gasteiger partial charge in [-0.25, -0.2) is 9.59 Å². The van der Waals surface area contributed by atoms with Crippen LogP contribution in [0.2, 0.25) is 0 Å². The van der Waals surface area contributed by atoms with Crippen molar-refractivity contribution in [2.24, 2.45) is 0 Å². The minimum atomic E-state index is -0.451. The molecule has 0 aliphatic rings. The second-order valence-electron chi connectivity index (χ2n) is 4.10. The molecule has 0 bridgehead atoms. The van der Waals surface area contributed by atoms with Crippen LogP contribution in [0.4, 0.5) is 0 Å². The Kier molecular flexibility index (Phi) is 3.28. The number of nitrogens with one attached hydrogen (secondary N) is 1. The van der Waals surface area contributed by atoms with Crippen LogP contribution in [-0.4, -0.2) is 18.7 Å². The molecule has 0 radical (unpaired) electrons. The fraction of sp³-hybridized carbons (Fsp3) is 0.417. The van der Waals surface area contributed by atoms with Crippen LogP contribution >= 0.6 is 0 Å². The molecule has 0 amide bonds. The van der Waals surface area contributed by atoms with E-state index in [1.54, 1.807) is 13.8 Å². The van der Waals surface area contributed by atoms with Crippen LogP contribution in [0, 0.1) is 0 Å². The number of H-pyrrole nitrogens is 1. The van der Waals surface area contributed by atoms with Gasteiger partial charge in [0.25, 0.3) is 5.56 Å². The normalized spacial score (nSPS) is 11.1. The van der Waals surface area contributed by atoms with Crippen LogP contribution in [0.25, 0.3) is 11.2 Å². The van der Waals surface area contributed by atoms with Gasteiger partial charge in [0.1, 0.15) is 5.65 Å². The highest BCUT2D eigenvalue weighted by Gasteiger charge is 2.17. The van der Waals surface area contributed by atoms with Gasteiger partial charge in [-0.05, 0) is 13.8 Å². The standard InChI is InChI=1S/C12H16N4O3/c1-4-7-16-8-9(13-11(16)18)14(5-2)12(19)15(6-3)10(8)17/h4H,1,5-7H2,2-3H3,(H,13,18). The molecular formula is C12H16N4O3. The van der Waals surface area contributed by atoms with Crippen LogP contribution in [0.1, 0.15) is 13.8 Å². The number of allylic oxidation sites excluding steroid dienone is 1. The zero-order valence-electron chi connectivity index (χ0n) is 11.0. The Balaban J connectivity index is 3.09. The maximum Gasteiger partial charge on any atom is 0.332 e. The summed E-state index contributed by atoms with van der Waals surface area (Å²) < 4.78 is 3.81. The zero-order chi connectivity index (χ0) is 14.2. The first-order valence-corrected chi connectivity index (χ1v) is 6.13. The smallest absolute Gasteiger partial charge is 0.291 e. The molecule has 0 aliphatic heterocycles. The molecule has 0 aromatic carbocycles. The lowest BCUT2D eigenvalue weighted by molar-refractivity contribution is 0.603. The Morgan fingerprint density at radius 1 is 1.11 bits per heavy atom. The van der Waals surface area contributed by atoms with Crippen LogP contribution in [0.3, 0.4) is 0 Å². The first-order chi connectivity index (χ1) is 9.06. The average molecular weight is 264 g/mol. The monoisotopic (exact) mass is 264 g/mol. The summed E-state index contributed by atoms with van der Waals surface area (Å²) in [4.78, 5) is 38.8.